The molecule has 0 fully saturated rings. The first-order valence-electron chi connectivity index (χ1n) is 7.86. The van der Waals surface area contributed by atoms with Crippen LogP contribution in [0.3, 0.4) is 0 Å². The van der Waals surface area contributed by atoms with Crippen LogP contribution in [0.4, 0.5) is 18.9 Å². The van der Waals surface area contributed by atoms with Crippen molar-refractivity contribution in [3.63, 3.8) is 0 Å². The van der Waals surface area contributed by atoms with E-state index < -0.39 is 23.2 Å². The van der Waals surface area contributed by atoms with Gasteiger partial charge in [-0.2, -0.15) is 13.2 Å². The fourth-order valence-corrected chi connectivity index (χ4v) is 2.57. The van der Waals surface area contributed by atoms with E-state index in [1.54, 1.807) is 0 Å². The first-order valence-corrected chi connectivity index (χ1v) is 7.86. The van der Waals surface area contributed by atoms with E-state index >= 15 is 0 Å². The van der Waals surface area contributed by atoms with Crippen LogP contribution in [0.1, 0.15) is 28.8 Å². The molecule has 2 aromatic rings. The summed E-state index contributed by atoms with van der Waals surface area (Å²) in [6.45, 7) is 0. The summed E-state index contributed by atoms with van der Waals surface area (Å²) in [5, 5.41) is 2.49. The third kappa shape index (κ3) is 4.14. The van der Waals surface area contributed by atoms with Crippen LogP contribution >= 0.6 is 0 Å². The van der Waals surface area contributed by atoms with Crippen molar-refractivity contribution >= 4 is 11.6 Å². The van der Waals surface area contributed by atoms with Gasteiger partial charge in [0, 0.05) is 30.8 Å². The number of amides is 1. The largest absolute Gasteiger partial charge is 0.489 e. The van der Waals surface area contributed by atoms with Crippen LogP contribution < -0.4 is 15.6 Å². The minimum absolute atomic E-state index is 0.0369. The number of ether oxygens (including phenoxy) is 1. The summed E-state index contributed by atoms with van der Waals surface area (Å²) in [4.78, 5) is 26.2. The number of pyridine rings is 1. The summed E-state index contributed by atoms with van der Waals surface area (Å²) >= 11 is 0. The highest BCUT2D eigenvalue weighted by Gasteiger charge is 2.32. The van der Waals surface area contributed by atoms with Gasteiger partial charge in [0.2, 0.25) is 5.56 Å². The number of hydrogen-bond acceptors (Lipinski definition) is 3. The van der Waals surface area contributed by atoms with Gasteiger partial charge < -0.3 is 15.0 Å². The molecule has 1 aromatic carbocycles. The second kappa shape index (κ2) is 7.07. The van der Waals surface area contributed by atoms with Crippen molar-refractivity contribution in [1.82, 2.24) is 4.98 Å². The Morgan fingerprint density at radius 3 is 2.54 bits per heavy atom. The number of nitrogens with one attached hydrogen (secondary N) is 2. The standard InChI is InChI=1S/C18H15F3N2O3/c19-18(20,21)11-5-6-14(15(9-11)26-13-3-1-2-4-13)17(25)23-12-7-8-22-16(24)10-12/h1-2,5-10,13H,3-4H2,(H2,22,23,24,25). The molecule has 2 N–H and O–H groups in total. The predicted octanol–water partition coefficient (Wildman–Crippen LogP) is 3.74. The van der Waals surface area contributed by atoms with E-state index in [0.717, 1.165) is 18.2 Å². The zero-order valence-corrected chi connectivity index (χ0v) is 13.5. The Morgan fingerprint density at radius 2 is 1.88 bits per heavy atom. The first kappa shape index (κ1) is 17.8. The molecule has 0 atom stereocenters. The van der Waals surface area contributed by atoms with E-state index in [-0.39, 0.29) is 23.1 Å². The van der Waals surface area contributed by atoms with Crippen molar-refractivity contribution in [2.24, 2.45) is 0 Å². The Labute approximate surface area is 146 Å². The van der Waals surface area contributed by atoms with E-state index in [9.17, 15) is 22.8 Å². The van der Waals surface area contributed by atoms with E-state index in [1.807, 2.05) is 12.2 Å². The summed E-state index contributed by atoms with van der Waals surface area (Å²) in [6.07, 6.45) is 1.35. The molecular formula is C18H15F3N2O3. The lowest BCUT2D eigenvalue weighted by Crippen LogP contribution is -2.19. The highest BCUT2D eigenvalue weighted by Crippen LogP contribution is 2.34. The number of halogens is 3. The fraction of sp³-hybridized carbons (Fsp3) is 0.222. The van der Waals surface area contributed by atoms with Gasteiger partial charge in [0.05, 0.1) is 11.1 Å². The molecule has 1 aromatic heterocycles. The number of aromatic amines is 1. The highest BCUT2D eigenvalue weighted by molar-refractivity contribution is 6.06. The van der Waals surface area contributed by atoms with Gasteiger partial charge in [-0.25, -0.2) is 0 Å². The lowest BCUT2D eigenvalue weighted by atomic mass is 10.1. The molecule has 0 saturated heterocycles. The Bertz CT molecular complexity index is 895. The van der Waals surface area contributed by atoms with Crippen molar-refractivity contribution in [3.05, 3.63) is 70.2 Å². The average molecular weight is 364 g/mol. The maximum Gasteiger partial charge on any atom is 0.416 e. The number of carbonyl (C=O) groups is 1. The van der Waals surface area contributed by atoms with Gasteiger partial charge in [-0.05, 0) is 24.3 Å². The monoisotopic (exact) mass is 364 g/mol. The van der Waals surface area contributed by atoms with Crippen LogP contribution in [0.2, 0.25) is 0 Å². The molecule has 136 valence electrons. The topological polar surface area (TPSA) is 71.2 Å². The molecule has 1 heterocycles. The van der Waals surface area contributed by atoms with Crippen molar-refractivity contribution in [2.75, 3.05) is 5.32 Å². The van der Waals surface area contributed by atoms with Gasteiger partial charge in [-0.1, -0.05) is 12.2 Å². The van der Waals surface area contributed by atoms with Crippen LogP contribution in [-0.2, 0) is 6.18 Å². The SMILES string of the molecule is O=C(Nc1cc[nH]c(=O)c1)c1ccc(C(F)(F)F)cc1OC1CC=CC1. The molecule has 5 nitrogen and oxygen atoms in total. The Hall–Kier alpha value is -3.03. The number of anilines is 1. The highest BCUT2D eigenvalue weighted by atomic mass is 19.4. The van der Waals surface area contributed by atoms with Gasteiger partial charge in [0.25, 0.3) is 5.91 Å². The molecular weight excluding hydrogens is 349 g/mol. The molecule has 26 heavy (non-hydrogen) atoms. The summed E-state index contributed by atoms with van der Waals surface area (Å²) in [7, 11) is 0. The van der Waals surface area contributed by atoms with Gasteiger partial charge >= 0.3 is 6.18 Å². The molecule has 0 unspecified atom stereocenters. The fourth-order valence-electron chi connectivity index (χ4n) is 2.57. The Kier molecular flexibility index (Phi) is 4.83. The van der Waals surface area contributed by atoms with E-state index in [1.165, 1.54) is 18.3 Å². The van der Waals surface area contributed by atoms with E-state index in [4.69, 9.17) is 4.74 Å². The molecule has 0 aliphatic heterocycles. The van der Waals surface area contributed by atoms with Crippen LogP contribution in [-0.4, -0.2) is 17.0 Å². The number of alkyl halides is 3. The molecule has 0 radical (unpaired) electrons. The number of rotatable bonds is 4. The third-order valence-electron chi connectivity index (χ3n) is 3.84. The van der Waals surface area contributed by atoms with Crippen molar-refractivity contribution < 1.29 is 22.7 Å². The lowest BCUT2D eigenvalue weighted by molar-refractivity contribution is -0.137. The molecule has 1 aliphatic carbocycles. The van der Waals surface area contributed by atoms with Crippen molar-refractivity contribution in [3.8, 4) is 5.75 Å². The van der Waals surface area contributed by atoms with Crippen LogP contribution in [0.15, 0.2) is 53.5 Å². The summed E-state index contributed by atoms with van der Waals surface area (Å²) in [6, 6.07) is 5.36. The van der Waals surface area contributed by atoms with Crippen LogP contribution in [0.5, 0.6) is 5.75 Å². The quantitative estimate of drug-likeness (QED) is 0.812. The Morgan fingerprint density at radius 1 is 1.15 bits per heavy atom. The van der Waals surface area contributed by atoms with Crippen molar-refractivity contribution in [2.45, 2.75) is 25.1 Å². The minimum atomic E-state index is -4.55. The zero-order chi connectivity index (χ0) is 18.7. The normalized spacial score (nSPS) is 14.4. The van der Waals surface area contributed by atoms with Crippen LogP contribution in [0, 0.1) is 0 Å². The molecule has 0 spiro atoms. The third-order valence-corrected chi connectivity index (χ3v) is 3.84. The van der Waals surface area contributed by atoms with Gasteiger partial charge in [-0.15, -0.1) is 0 Å². The second-order valence-electron chi connectivity index (χ2n) is 5.79. The molecule has 3 rings (SSSR count). The Balaban J connectivity index is 1.90. The maximum absolute atomic E-state index is 13.0. The van der Waals surface area contributed by atoms with Gasteiger partial charge in [-0.3, -0.25) is 9.59 Å². The smallest absolute Gasteiger partial charge is 0.416 e. The molecule has 1 aliphatic rings. The lowest BCUT2D eigenvalue weighted by Gasteiger charge is -2.18. The van der Waals surface area contributed by atoms with Gasteiger partial charge in [0.1, 0.15) is 11.9 Å². The number of benzene rings is 1. The summed E-state index contributed by atoms with van der Waals surface area (Å²) in [5.41, 5.74) is -1.12. The van der Waals surface area contributed by atoms with Crippen LogP contribution in [0.25, 0.3) is 0 Å². The minimum Gasteiger partial charge on any atom is -0.489 e. The predicted molar refractivity (Wildman–Crippen MR) is 89.2 cm³/mol. The zero-order valence-electron chi connectivity index (χ0n) is 13.5. The molecule has 0 saturated carbocycles. The maximum atomic E-state index is 13.0. The second-order valence-corrected chi connectivity index (χ2v) is 5.79. The van der Waals surface area contributed by atoms with E-state index in [0.29, 0.717) is 12.8 Å². The number of hydrogen-bond donors (Lipinski definition) is 2. The van der Waals surface area contributed by atoms with Gasteiger partial charge in [0.15, 0.2) is 0 Å². The number of carbonyl (C=O) groups excluding carboxylic acids is 1. The number of aromatic nitrogens is 1. The number of H-pyrrole nitrogens is 1. The van der Waals surface area contributed by atoms with Crippen molar-refractivity contribution in [1.29, 1.82) is 0 Å². The summed E-state index contributed by atoms with van der Waals surface area (Å²) < 4.78 is 44.6. The van der Waals surface area contributed by atoms with E-state index in [2.05, 4.69) is 10.3 Å². The molecule has 0 bridgehead atoms. The summed E-state index contributed by atoms with van der Waals surface area (Å²) in [5.74, 6) is -0.804. The molecule has 8 heteroatoms. The first-order chi connectivity index (χ1) is 12.3. The average Bonchev–Trinajstić information content (AvgIpc) is 3.07. The molecule has 1 amide bonds.